The number of methoxy groups -OCH3 is 1. The molecular formula is C19H15N3O3. The number of para-hydroxylation sites is 1. The van der Waals surface area contributed by atoms with Crippen LogP contribution in [0.15, 0.2) is 59.5 Å². The summed E-state index contributed by atoms with van der Waals surface area (Å²) >= 11 is 0. The molecule has 1 amide bonds. The first-order valence-electron chi connectivity index (χ1n) is 7.59. The Bertz CT molecular complexity index is 1030. The number of nitrogens with one attached hydrogen (secondary N) is 2. The Balaban J connectivity index is 1.98. The van der Waals surface area contributed by atoms with Crippen LogP contribution in [-0.2, 0) is 0 Å². The Morgan fingerprint density at radius 1 is 1.16 bits per heavy atom. The van der Waals surface area contributed by atoms with Gasteiger partial charge in [0.2, 0.25) is 0 Å². The van der Waals surface area contributed by atoms with Crippen molar-refractivity contribution in [3.63, 3.8) is 0 Å². The molecule has 0 spiro atoms. The number of hydrogen-bond donors (Lipinski definition) is 2. The van der Waals surface area contributed by atoms with E-state index in [-0.39, 0.29) is 5.56 Å². The molecule has 0 fully saturated rings. The largest absolute Gasteiger partial charge is 0.496 e. The van der Waals surface area contributed by atoms with Gasteiger partial charge in [0.25, 0.3) is 11.5 Å². The van der Waals surface area contributed by atoms with Gasteiger partial charge in [-0.2, -0.15) is 5.26 Å². The monoisotopic (exact) mass is 333 g/mol. The Hall–Kier alpha value is -3.59. The van der Waals surface area contributed by atoms with Crippen molar-refractivity contribution in [3.8, 4) is 11.8 Å². The first-order valence-corrected chi connectivity index (χ1v) is 7.59. The molecule has 0 aliphatic rings. The summed E-state index contributed by atoms with van der Waals surface area (Å²) in [5, 5.41) is 13.1. The molecule has 1 atom stereocenters. The zero-order valence-corrected chi connectivity index (χ0v) is 13.4. The summed E-state index contributed by atoms with van der Waals surface area (Å²) < 4.78 is 5.25. The Labute approximate surface area is 143 Å². The van der Waals surface area contributed by atoms with Gasteiger partial charge in [0.15, 0.2) is 0 Å². The van der Waals surface area contributed by atoms with Gasteiger partial charge in [0.1, 0.15) is 11.8 Å². The second kappa shape index (κ2) is 6.89. The van der Waals surface area contributed by atoms with Crippen molar-refractivity contribution < 1.29 is 9.53 Å². The van der Waals surface area contributed by atoms with Crippen molar-refractivity contribution in [2.75, 3.05) is 7.11 Å². The van der Waals surface area contributed by atoms with Crippen molar-refractivity contribution in [2.24, 2.45) is 0 Å². The van der Waals surface area contributed by atoms with Crippen LogP contribution >= 0.6 is 0 Å². The molecular weight excluding hydrogens is 318 g/mol. The van der Waals surface area contributed by atoms with Gasteiger partial charge < -0.3 is 15.0 Å². The number of H-pyrrole nitrogens is 1. The van der Waals surface area contributed by atoms with Crippen molar-refractivity contribution >= 4 is 16.7 Å². The fraction of sp³-hybridized carbons (Fsp3) is 0.105. The summed E-state index contributed by atoms with van der Waals surface area (Å²) in [5.74, 6) is 0.0607. The van der Waals surface area contributed by atoms with Gasteiger partial charge in [-0.1, -0.05) is 36.4 Å². The van der Waals surface area contributed by atoms with E-state index in [0.717, 1.165) is 0 Å². The molecule has 2 aromatic carbocycles. The van der Waals surface area contributed by atoms with Crippen LogP contribution in [0.25, 0.3) is 10.8 Å². The summed E-state index contributed by atoms with van der Waals surface area (Å²) in [6, 6.07) is 15.0. The molecule has 0 saturated carbocycles. The molecule has 0 unspecified atom stereocenters. The molecule has 6 nitrogen and oxygen atoms in total. The van der Waals surface area contributed by atoms with Crippen molar-refractivity contribution in [3.05, 3.63) is 76.2 Å². The van der Waals surface area contributed by atoms with Gasteiger partial charge in [-0.3, -0.25) is 9.59 Å². The van der Waals surface area contributed by atoms with Crippen LogP contribution in [0.3, 0.4) is 0 Å². The van der Waals surface area contributed by atoms with Gasteiger partial charge >= 0.3 is 0 Å². The van der Waals surface area contributed by atoms with E-state index in [4.69, 9.17) is 4.74 Å². The predicted molar refractivity (Wildman–Crippen MR) is 93.4 cm³/mol. The normalized spacial score (nSPS) is 11.5. The van der Waals surface area contributed by atoms with E-state index in [1.54, 1.807) is 48.5 Å². The van der Waals surface area contributed by atoms with E-state index in [2.05, 4.69) is 16.4 Å². The summed E-state index contributed by atoms with van der Waals surface area (Å²) in [4.78, 5) is 27.1. The third kappa shape index (κ3) is 3.08. The average molecular weight is 333 g/mol. The maximum absolute atomic E-state index is 12.7. The van der Waals surface area contributed by atoms with E-state index >= 15 is 0 Å². The van der Waals surface area contributed by atoms with E-state index in [0.29, 0.717) is 27.6 Å². The number of aromatic nitrogens is 1. The maximum atomic E-state index is 12.7. The molecule has 3 rings (SSSR count). The highest BCUT2D eigenvalue weighted by molar-refractivity contribution is 6.06. The summed E-state index contributed by atoms with van der Waals surface area (Å²) in [6.45, 7) is 0. The van der Waals surface area contributed by atoms with Crippen LogP contribution < -0.4 is 15.6 Å². The van der Waals surface area contributed by atoms with E-state index < -0.39 is 11.9 Å². The minimum Gasteiger partial charge on any atom is -0.496 e. The number of aromatic amines is 1. The number of hydrogen-bond acceptors (Lipinski definition) is 4. The highest BCUT2D eigenvalue weighted by atomic mass is 16.5. The lowest BCUT2D eigenvalue weighted by Gasteiger charge is -2.15. The number of pyridine rings is 1. The first-order chi connectivity index (χ1) is 12.2. The van der Waals surface area contributed by atoms with Crippen molar-refractivity contribution in [1.29, 1.82) is 5.26 Å². The second-order valence-electron chi connectivity index (χ2n) is 5.35. The smallest absolute Gasteiger partial charge is 0.255 e. The third-order valence-corrected chi connectivity index (χ3v) is 3.91. The maximum Gasteiger partial charge on any atom is 0.255 e. The summed E-state index contributed by atoms with van der Waals surface area (Å²) in [5.41, 5.74) is 0.591. The standard InChI is InChI=1S/C19H15N3O3/c1-25-17-9-5-4-8-14(17)16(10-20)22-19(24)15-11-21-18(23)13-7-3-2-6-12(13)15/h2-9,11,16H,1H3,(H,21,23)(H,22,24)/t16-/m1/s1. The molecule has 0 bridgehead atoms. The molecule has 1 aromatic heterocycles. The Morgan fingerprint density at radius 2 is 1.84 bits per heavy atom. The molecule has 2 N–H and O–H groups in total. The van der Waals surface area contributed by atoms with Crippen LogP contribution in [-0.4, -0.2) is 18.0 Å². The Kier molecular flexibility index (Phi) is 4.48. The van der Waals surface area contributed by atoms with Crippen LogP contribution in [0.2, 0.25) is 0 Å². The van der Waals surface area contributed by atoms with Crippen molar-refractivity contribution in [1.82, 2.24) is 10.3 Å². The van der Waals surface area contributed by atoms with Gasteiger partial charge in [0.05, 0.1) is 18.7 Å². The van der Waals surface area contributed by atoms with E-state index in [1.807, 2.05) is 0 Å². The number of benzene rings is 2. The number of ether oxygens (including phenoxy) is 1. The zero-order valence-electron chi connectivity index (χ0n) is 13.4. The number of carbonyl (C=O) groups is 1. The lowest BCUT2D eigenvalue weighted by molar-refractivity contribution is 0.0946. The second-order valence-corrected chi connectivity index (χ2v) is 5.35. The highest BCUT2D eigenvalue weighted by Crippen LogP contribution is 2.25. The lowest BCUT2D eigenvalue weighted by atomic mass is 10.0. The number of fused-ring (bicyclic) bond motifs is 1. The highest BCUT2D eigenvalue weighted by Gasteiger charge is 2.20. The van der Waals surface area contributed by atoms with Gasteiger partial charge in [-0.25, -0.2) is 0 Å². The van der Waals surface area contributed by atoms with Crippen LogP contribution in [0.1, 0.15) is 22.0 Å². The van der Waals surface area contributed by atoms with Crippen LogP contribution in [0.5, 0.6) is 5.75 Å². The molecule has 25 heavy (non-hydrogen) atoms. The molecule has 3 aromatic rings. The quantitative estimate of drug-likeness (QED) is 0.767. The number of rotatable bonds is 4. The number of nitrogens with zero attached hydrogens (tertiary/aromatic N) is 1. The summed E-state index contributed by atoms with van der Waals surface area (Å²) in [6.07, 6.45) is 1.36. The lowest BCUT2D eigenvalue weighted by Crippen LogP contribution is -2.28. The molecule has 1 heterocycles. The number of nitriles is 1. The molecule has 0 radical (unpaired) electrons. The minimum absolute atomic E-state index is 0.270. The third-order valence-electron chi connectivity index (χ3n) is 3.91. The molecule has 0 aliphatic heterocycles. The fourth-order valence-electron chi connectivity index (χ4n) is 2.69. The summed E-state index contributed by atoms with van der Waals surface area (Å²) in [7, 11) is 1.50. The predicted octanol–water partition coefficient (Wildman–Crippen LogP) is 2.53. The fourth-order valence-corrected chi connectivity index (χ4v) is 2.69. The van der Waals surface area contributed by atoms with E-state index in [1.165, 1.54) is 13.3 Å². The molecule has 0 saturated heterocycles. The SMILES string of the molecule is COc1ccccc1[C@@H](C#N)NC(=O)c1c[nH]c(=O)c2ccccc12. The van der Waals surface area contributed by atoms with E-state index in [9.17, 15) is 14.9 Å². The molecule has 6 heteroatoms. The first kappa shape index (κ1) is 16.3. The topological polar surface area (TPSA) is 95.0 Å². The molecule has 0 aliphatic carbocycles. The van der Waals surface area contributed by atoms with Gasteiger partial charge in [0, 0.05) is 22.5 Å². The van der Waals surface area contributed by atoms with Crippen LogP contribution in [0, 0.1) is 11.3 Å². The van der Waals surface area contributed by atoms with Gasteiger partial charge in [-0.15, -0.1) is 0 Å². The Morgan fingerprint density at radius 3 is 2.56 bits per heavy atom. The minimum atomic E-state index is -0.880. The average Bonchev–Trinajstić information content (AvgIpc) is 2.66. The molecule has 124 valence electrons. The van der Waals surface area contributed by atoms with Crippen LogP contribution in [0.4, 0.5) is 0 Å². The van der Waals surface area contributed by atoms with Gasteiger partial charge in [-0.05, 0) is 12.1 Å². The number of amides is 1. The van der Waals surface area contributed by atoms with Crippen molar-refractivity contribution in [2.45, 2.75) is 6.04 Å². The number of carbonyl (C=O) groups excluding carboxylic acids is 1. The zero-order chi connectivity index (χ0) is 17.8.